The molecule has 0 spiro atoms. The van der Waals surface area contributed by atoms with E-state index in [1.54, 1.807) is 0 Å². The van der Waals surface area contributed by atoms with Gasteiger partial charge in [-0.1, -0.05) is 42.5 Å². The van der Waals surface area contributed by atoms with E-state index in [2.05, 4.69) is 0 Å². The molecule has 3 aliphatic heterocycles. The molecular weight excluding hydrogens is 540 g/mol. The Morgan fingerprint density at radius 2 is 1.81 bits per heavy atom. The molecule has 5 rings (SSSR count). The molecule has 0 aromatic heterocycles. The van der Waals surface area contributed by atoms with Crippen molar-refractivity contribution < 1.29 is 43.1 Å². The Hall–Kier alpha value is -2.56. The molecule has 3 heterocycles. The zero-order chi connectivity index (χ0) is 29.1. The first kappa shape index (κ1) is 30.9. The molecule has 9 nitrogen and oxygen atoms in total. The van der Waals surface area contributed by atoms with Crippen LogP contribution in [-0.2, 0) is 39.9 Å². The second-order valence-electron chi connectivity index (χ2n) is 11.5. The monoisotopic (exact) mass is 584 g/mol. The van der Waals surface area contributed by atoms with Gasteiger partial charge in [0.15, 0.2) is 12.6 Å². The summed E-state index contributed by atoms with van der Waals surface area (Å²) in [5, 5.41) is 8.89. The highest BCUT2D eigenvalue weighted by atomic mass is 16.7. The van der Waals surface area contributed by atoms with Gasteiger partial charge in [0, 0.05) is 43.5 Å². The van der Waals surface area contributed by atoms with Crippen molar-refractivity contribution in [3.05, 3.63) is 54.1 Å². The zero-order valence-electron chi connectivity index (χ0n) is 24.3. The molecule has 1 N–H and O–H groups in total. The van der Waals surface area contributed by atoms with E-state index >= 15 is 0 Å². The van der Waals surface area contributed by atoms with Crippen LogP contribution in [0, 0.1) is 11.8 Å². The van der Waals surface area contributed by atoms with Crippen molar-refractivity contribution in [1.82, 2.24) is 0 Å². The zero-order valence-corrected chi connectivity index (χ0v) is 24.3. The normalized spacial score (nSPS) is 30.8. The van der Waals surface area contributed by atoms with Crippen LogP contribution in [0.4, 0.5) is 0 Å². The van der Waals surface area contributed by atoms with Crippen LogP contribution in [-0.4, -0.2) is 61.2 Å². The van der Waals surface area contributed by atoms with Gasteiger partial charge in [-0.05, 0) is 63.9 Å². The quantitative estimate of drug-likeness (QED) is 0.230. The molecule has 3 fully saturated rings. The molecule has 230 valence electrons. The van der Waals surface area contributed by atoms with Crippen molar-refractivity contribution in [2.45, 2.75) is 108 Å². The number of unbranched alkanes of at least 4 members (excludes halogenated alkanes) is 1. The lowest BCUT2D eigenvalue weighted by atomic mass is 9.90. The first-order valence-corrected chi connectivity index (χ1v) is 15.5. The minimum absolute atomic E-state index is 0.136. The number of ketones is 1. The molecule has 4 aliphatic rings. The predicted octanol–water partition coefficient (Wildman–Crippen LogP) is 5.71. The Kier molecular flexibility index (Phi) is 11.6. The van der Waals surface area contributed by atoms with E-state index < -0.39 is 18.4 Å². The third-order valence-electron chi connectivity index (χ3n) is 8.35. The third kappa shape index (κ3) is 8.74. The van der Waals surface area contributed by atoms with Gasteiger partial charge in [-0.25, -0.2) is 0 Å². The van der Waals surface area contributed by atoms with Crippen molar-refractivity contribution >= 4 is 11.8 Å². The Morgan fingerprint density at radius 1 is 1.02 bits per heavy atom. The van der Waals surface area contributed by atoms with Gasteiger partial charge in [-0.2, -0.15) is 0 Å². The maximum Gasteiger partial charge on any atom is 0.303 e. The molecule has 9 heteroatoms. The van der Waals surface area contributed by atoms with Gasteiger partial charge in [0.2, 0.25) is 6.29 Å². The van der Waals surface area contributed by atoms with Gasteiger partial charge < -0.3 is 33.5 Å². The lowest BCUT2D eigenvalue weighted by Gasteiger charge is -2.34. The number of hydrogen-bond donors (Lipinski definition) is 1. The number of carboxylic acids is 1. The summed E-state index contributed by atoms with van der Waals surface area (Å²) in [5.74, 6) is -0.299. The highest BCUT2D eigenvalue weighted by molar-refractivity contribution is 5.85. The number of fused-ring (bicyclic) bond motifs is 1. The van der Waals surface area contributed by atoms with Crippen LogP contribution < -0.4 is 4.74 Å². The molecule has 1 aromatic carbocycles. The first-order chi connectivity index (χ1) is 20.6. The van der Waals surface area contributed by atoms with E-state index in [1.807, 2.05) is 48.6 Å². The number of rotatable bonds is 13. The molecule has 7 atom stereocenters. The number of carboxylic acid groups (broad SMARTS) is 1. The Bertz CT molecular complexity index is 1070. The number of benzene rings is 1. The van der Waals surface area contributed by atoms with Crippen LogP contribution in [0.2, 0.25) is 0 Å². The Balaban J connectivity index is 1.32. The highest BCUT2D eigenvalue weighted by Gasteiger charge is 2.43. The van der Waals surface area contributed by atoms with Gasteiger partial charge in [0.1, 0.15) is 17.6 Å². The lowest BCUT2D eigenvalue weighted by molar-refractivity contribution is -0.236. The number of carbonyl (C=O) groups is 2. The fourth-order valence-electron chi connectivity index (χ4n) is 6.05. The molecule has 1 aromatic rings. The van der Waals surface area contributed by atoms with Crippen LogP contribution in [0.5, 0.6) is 5.75 Å². The molecule has 1 aliphatic carbocycles. The summed E-state index contributed by atoms with van der Waals surface area (Å²) >= 11 is 0. The number of hydrogen-bond acceptors (Lipinski definition) is 8. The first-order valence-electron chi connectivity index (χ1n) is 15.5. The van der Waals surface area contributed by atoms with E-state index in [4.69, 9.17) is 33.5 Å². The Labute approximate surface area is 248 Å². The van der Waals surface area contributed by atoms with Crippen molar-refractivity contribution in [2.24, 2.45) is 11.8 Å². The summed E-state index contributed by atoms with van der Waals surface area (Å²) in [6.07, 6.45) is 13.8. The van der Waals surface area contributed by atoms with Gasteiger partial charge >= 0.3 is 5.97 Å². The molecule has 0 amide bonds. The van der Waals surface area contributed by atoms with E-state index in [1.165, 1.54) is 0 Å². The van der Waals surface area contributed by atoms with Crippen LogP contribution in [0.1, 0.15) is 76.2 Å². The van der Waals surface area contributed by atoms with Gasteiger partial charge in [0.05, 0.1) is 12.7 Å². The van der Waals surface area contributed by atoms with Crippen LogP contribution in [0.3, 0.4) is 0 Å². The number of carbonyl (C=O) groups excluding carboxylic acids is 1. The summed E-state index contributed by atoms with van der Waals surface area (Å²) in [5.41, 5.74) is 0.989. The maximum atomic E-state index is 13.3. The average molecular weight is 585 g/mol. The van der Waals surface area contributed by atoms with Crippen molar-refractivity contribution in [2.75, 3.05) is 13.2 Å². The number of aliphatic carboxylic acids is 1. The minimum atomic E-state index is -0.797. The van der Waals surface area contributed by atoms with E-state index in [9.17, 15) is 9.59 Å². The highest BCUT2D eigenvalue weighted by Crippen LogP contribution is 2.38. The van der Waals surface area contributed by atoms with Crippen LogP contribution in [0.15, 0.2) is 48.6 Å². The SMILES string of the molecule is O=C(O)CCCC=CC[C@H]1C(=O)C[C@@H](OC2CCCCO2)[C@@H]1C=C[C@H](OC1CCCCO1)C1OCc2ccccc2O1. The van der Waals surface area contributed by atoms with Gasteiger partial charge in [0.25, 0.3) is 0 Å². The van der Waals surface area contributed by atoms with Gasteiger partial charge in [-0.3, -0.25) is 9.59 Å². The summed E-state index contributed by atoms with van der Waals surface area (Å²) in [4.78, 5) is 24.1. The molecule has 0 radical (unpaired) electrons. The molecule has 0 bridgehead atoms. The average Bonchev–Trinajstić information content (AvgIpc) is 3.30. The molecule has 2 saturated heterocycles. The number of ether oxygens (including phenoxy) is 6. The second-order valence-corrected chi connectivity index (χ2v) is 11.5. The largest absolute Gasteiger partial charge is 0.481 e. The summed E-state index contributed by atoms with van der Waals surface area (Å²) in [6, 6.07) is 7.83. The smallest absolute Gasteiger partial charge is 0.303 e. The van der Waals surface area contributed by atoms with Gasteiger partial charge in [-0.15, -0.1) is 0 Å². The van der Waals surface area contributed by atoms with E-state index in [-0.39, 0.29) is 42.7 Å². The topological polar surface area (TPSA) is 110 Å². The number of Topliss-reactive ketones (excluding diaryl/α,β-unsaturated/α-hetero) is 1. The molecule has 3 unspecified atom stereocenters. The fraction of sp³-hybridized carbons (Fsp3) is 0.636. The van der Waals surface area contributed by atoms with Crippen molar-refractivity contribution in [3.8, 4) is 5.75 Å². The van der Waals surface area contributed by atoms with Crippen LogP contribution in [0.25, 0.3) is 0 Å². The molecule has 42 heavy (non-hydrogen) atoms. The fourth-order valence-corrected chi connectivity index (χ4v) is 6.05. The maximum absolute atomic E-state index is 13.3. The second kappa shape index (κ2) is 15.8. The number of para-hydroxylation sites is 1. The summed E-state index contributed by atoms with van der Waals surface area (Å²) < 4.78 is 36.9. The summed E-state index contributed by atoms with van der Waals surface area (Å²) in [6.45, 7) is 1.75. The standard InChI is InChI=1S/C33H44O9/c34-26-21-29(41-32-16-8-10-20-38-32)25(24(26)12-3-1-2-4-14-30(35)36)17-18-28(40-31-15-7-9-19-37-31)33-39-22-23-11-5-6-13-27(23)42-33/h1,3,5-6,11,13,17-18,24-25,28-29,31-33H,2,4,7-10,12,14-16,19-22H2,(H,35,36)/t24-,25-,28+,29-,31?,32?,33?/m1/s1. The predicted molar refractivity (Wildman–Crippen MR) is 154 cm³/mol. The Morgan fingerprint density at radius 3 is 2.57 bits per heavy atom. The minimum Gasteiger partial charge on any atom is -0.481 e. The molecule has 1 saturated carbocycles. The summed E-state index contributed by atoms with van der Waals surface area (Å²) in [7, 11) is 0. The third-order valence-corrected chi connectivity index (χ3v) is 8.35. The lowest BCUT2D eigenvalue weighted by Crippen LogP contribution is -2.41. The van der Waals surface area contributed by atoms with Crippen molar-refractivity contribution in [1.29, 1.82) is 0 Å². The van der Waals surface area contributed by atoms with Crippen LogP contribution >= 0.6 is 0 Å². The van der Waals surface area contributed by atoms with E-state index in [0.29, 0.717) is 45.5 Å². The number of allylic oxidation sites excluding steroid dienone is 2. The van der Waals surface area contributed by atoms with Crippen molar-refractivity contribution in [3.63, 3.8) is 0 Å². The van der Waals surface area contributed by atoms with E-state index in [0.717, 1.165) is 49.8 Å². The molecular formula is C33H44O9.